The molecule has 0 saturated carbocycles. The van der Waals surface area contributed by atoms with E-state index < -0.39 is 41.0 Å². The van der Waals surface area contributed by atoms with Gasteiger partial charge in [0.15, 0.2) is 0 Å². The third kappa shape index (κ3) is 6.76. The second-order valence-corrected chi connectivity index (χ2v) is 11.0. The Bertz CT molecular complexity index is 1550. The Balaban J connectivity index is 1.54. The van der Waals surface area contributed by atoms with E-state index in [1.807, 2.05) is 6.92 Å². The highest BCUT2D eigenvalue weighted by molar-refractivity contribution is 6.07. The Labute approximate surface area is 261 Å². The molecule has 2 N–H and O–H groups in total. The Morgan fingerprint density at radius 1 is 0.913 bits per heavy atom. The number of imide groups is 1. The van der Waals surface area contributed by atoms with Gasteiger partial charge >= 0.3 is 18.4 Å². The monoisotopic (exact) mass is 653 g/mol. The molecule has 3 aromatic rings. The summed E-state index contributed by atoms with van der Waals surface area (Å²) in [5.41, 5.74) is -7.07. The minimum atomic E-state index is -6.03. The number of hydrogen-bond donors (Lipinski definition) is 2. The van der Waals surface area contributed by atoms with Gasteiger partial charge in [0.25, 0.3) is 11.5 Å². The molecule has 14 heteroatoms. The SMILES string of the molecule is CCCCOc1ccc(C2(C)NC(=O)N(Cc3cc(Oc4ccc(C(O)(C(F)(F)F)C(F)(F)F)cc4CCC)ccn3)C2=O)cc1. The van der Waals surface area contributed by atoms with E-state index in [1.165, 1.54) is 18.3 Å². The number of rotatable bonds is 12. The third-order valence-corrected chi connectivity index (χ3v) is 7.63. The number of nitrogens with zero attached hydrogens (tertiary/aromatic N) is 2. The predicted octanol–water partition coefficient (Wildman–Crippen LogP) is 7.28. The molecule has 248 valence electrons. The fourth-order valence-corrected chi connectivity index (χ4v) is 5.01. The Kier molecular flexibility index (Phi) is 9.90. The van der Waals surface area contributed by atoms with E-state index in [0.29, 0.717) is 36.5 Å². The van der Waals surface area contributed by atoms with Gasteiger partial charge in [0, 0.05) is 17.8 Å². The van der Waals surface area contributed by atoms with Gasteiger partial charge < -0.3 is 19.9 Å². The van der Waals surface area contributed by atoms with E-state index in [2.05, 4.69) is 10.3 Å². The summed E-state index contributed by atoms with van der Waals surface area (Å²) in [6.45, 7) is 5.59. The molecule has 1 aliphatic rings. The number of amides is 3. The number of alkyl halides is 6. The molecule has 1 atom stereocenters. The summed E-state index contributed by atoms with van der Waals surface area (Å²) in [5.74, 6) is 0.154. The maximum absolute atomic E-state index is 13.5. The highest BCUT2D eigenvalue weighted by atomic mass is 19.4. The van der Waals surface area contributed by atoms with Crippen LogP contribution in [0.1, 0.15) is 62.4 Å². The zero-order chi connectivity index (χ0) is 33.9. The lowest BCUT2D eigenvalue weighted by Gasteiger charge is -2.33. The molecule has 46 heavy (non-hydrogen) atoms. The first-order valence-electron chi connectivity index (χ1n) is 14.5. The molecule has 0 radical (unpaired) electrons. The van der Waals surface area contributed by atoms with Crippen molar-refractivity contribution in [1.82, 2.24) is 15.2 Å². The molecule has 2 aromatic carbocycles. The van der Waals surface area contributed by atoms with Crippen LogP contribution < -0.4 is 14.8 Å². The largest absolute Gasteiger partial charge is 0.494 e. The number of benzene rings is 2. The van der Waals surface area contributed by atoms with Crippen molar-refractivity contribution in [3.63, 3.8) is 0 Å². The summed E-state index contributed by atoms with van der Waals surface area (Å²) in [4.78, 5) is 31.5. The highest BCUT2D eigenvalue weighted by Gasteiger charge is 2.71. The molecular weight excluding hydrogens is 620 g/mol. The Morgan fingerprint density at radius 3 is 2.20 bits per heavy atom. The maximum atomic E-state index is 13.5. The number of carbonyl (C=O) groups excluding carboxylic acids is 2. The van der Waals surface area contributed by atoms with Gasteiger partial charge in [-0.25, -0.2) is 4.79 Å². The molecule has 1 unspecified atom stereocenters. The van der Waals surface area contributed by atoms with E-state index in [9.17, 15) is 41.0 Å². The molecule has 1 aliphatic heterocycles. The van der Waals surface area contributed by atoms with Crippen molar-refractivity contribution in [1.29, 1.82) is 0 Å². The van der Waals surface area contributed by atoms with Crippen molar-refractivity contribution >= 4 is 11.9 Å². The van der Waals surface area contributed by atoms with Crippen LogP contribution in [-0.2, 0) is 28.9 Å². The van der Waals surface area contributed by atoms with E-state index in [4.69, 9.17) is 9.47 Å². The van der Waals surface area contributed by atoms with Crippen LogP contribution in [0.15, 0.2) is 60.8 Å². The quantitative estimate of drug-likeness (QED) is 0.121. The lowest BCUT2D eigenvalue weighted by atomic mass is 9.90. The van der Waals surface area contributed by atoms with Crippen LogP contribution in [0.25, 0.3) is 0 Å². The average Bonchev–Trinajstić information content (AvgIpc) is 3.21. The zero-order valence-electron chi connectivity index (χ0n) is 25.3. The number of urea groups is 1. The number of nitrogens with one attached hydrogen (secondary N) is 1. The minimum absolute atomic E-state index is 0.00284. The molecule has 1 fully saturated rings. The fraction of sp³-hybridized carbons (Fsp3) is 0.406. The molecule has 8 nitrogen and oxygen atoms in total. The minimum Gasteiger partial charge on any atom is -0.494 e. The predicted molar refractivity (Wildman–Crippen MR) is 154 cm³/mol. The van der Waals surface area contributed by atoms with Crippen LogP contribution >= 0.6 is 0 Å². The summed E-state index contributed by atoms with van der Waals surface area (Å²) in [6, 6.07) is 11.0. The van der Waals surface area contributed by atoms with Crippen molar-refractivity contribution in [3.8, 4) is 17.2 Å². The molecule has 3 amide bonds. The standard InChI is InChI=1S/C32H33F6N3O5/c1-4-6-16-45-24-11-8-21(9-12-24)29(3)27(42)41(28(43)40-29)19-23-18-25(14-15-39-23)46-26-13-10-22(17-20(26)7-5-2)30(44,31(33,34)35)32(36,37)38/h8-15,17-18,44H,4-7,16,19H2,1-3H3,(H,40,43). The molecule has 0 spiro atoms. The topological polar surface area (TPSA) is 101 Å². The molecule has 1 aromatic heterocycles. The van der Waals surface area contributed by atoms with Crippen LogP contribution in [-0.4, -0.2) is 45.9 Å². The number of unbranched alkanes of at least 4 members (excludes halogenated alkanes) is 1. The van der Waals surface area contributed by atoms with E-state index in [1.54, 1.807) is 38.1 Å². The number of halogens is 6. The second kappa shape index (κ2) is 13.2. The van der Waals surface area contributed by atoms with Gasteiger partial charge in [-0.05, 0) is 61.2 Å². The number of carbonyl (C=O) groups is 2. The molecule has 1 saturated heterocycles. The maximum Gasteiger partial charge on any atom is 0.430 e. The summed E-state index contributed by atoms with van der Waals surface area (Å²) in [5, 5.41) is 12.5. The molecule has 0 bridgehead atoms. The van der Waals surface area contributed by atoms with Gasteiger partial charge in [0.05, 0.1) is 18.8 Å². The van der Waals surface area contributed by atoms with Crippen LogP contribution in [0.2, 0.25) is 0 Å². The van der Waals surface area contributed by atoms with Crippen LogP contribution in [0.5, 0.6) is 17.2 Å². The van der Waals surface area contributed by atoms with E-state index in [-0.39, 0.29) is 35.7 Å². The molecular formula is C32H33F6N3O5. The van der Waals surface area contributed by atoms with Gasteiger partial charge in [-0.1, -0.05) is 44.9 Å². The third-order valence-electron chi connectivity index (χ3n) is 7.63. The highest BCUT2D eigenvalue weighted by Crippen LogP contribution is 2.50. The first kappa shape index (κ1) is 34.5. The number of ether oxygens (including phenoxy) is 2. The first-order valence-corrected chi connectivity index (χ1v) is 14.5. The lowest BCUT2D eigenvalue weighted by molar-refractivity contribution is -0.376. The van der Waals surface area contributed by atoms with Crippen molar-refractivity contribution < 1.29 is 50.5 Å². The number of aromatic nitrogens is 1. The fourth-order valence-electron chi connectivity index (χ4n) is 5.01. The zero-order valence-corrected chi connectivity index (χ0v) is 25.3. The van der Waals surface area contributed by atoms with Crippen molar-refractivity contribution in [3.05, 3.63) is 83.2 Å². The Morgan fingerprint density at radius 2 is 1.59 bits per heavy atom. The second-order valence-electron chi connectivity index (χ2n) is 11.0. The average molecular weight is 654 g/mol. The Hall–Kier alpha value is -4.33. The number of pyridine rings is 1. The molecule has 0 aliphatic carbocycles. The van der Waals surface area contributed by atoms with Crippen LogP contribution in [0.3, 0.4) is 0 Å². The normalized spacial score (nSPS) is 17.3. The van der Waals surface area contributed by atoms with Gasteiger partial charge in [0.2, 0.25) is 0 Å². The van der Waals surface area contributed by atoms with E-state index >= 15 is 0 Å². The molecule has 4 rings (SSSR count). The molecule has 2 heterocycles. The summed E-state index contributed by atoms with van der Waals surface area (Å²) >= 11 is 0. The first-order chi connectivity index (χ1) is 21.5. The van der Waals surface area contributed by atoms with Crippen LogP contribution in [0, 0.1) is 0 Å². The van der Waals surface area contributed by atoms with E-state index in [0.717, 1.165) is 23.8 Å². The number of hydrogen-bond acceptors (Lipinski definition) is 6. The van der Waals surface area contributed by atoms with Gasteiger partial charge in [-0.3, -0.25) is 14.7 Å². The van der Waals surface area contributed by atoms with Gasteiger partial charge in [0.1, 0.15) is 22.8 Å². The van der Waals surface area contributed by atoms with Crippen LogP contribution in [0.4, 0.5) is 31.1 Å². The van der Waals surface area contributed by atoms with Crippen molar-refractivity contribution in [2.24, 2.45) is 0 Å². The van der Waals surface area contributed by atoms with Gasteiger partial charge in [-0.2, -0.15) is 26.3 Å². The lowest BCUT2D eigenvalue weighted by Crippen LogP contribution is -2.53. The van der Waals surface area contributed by atoms with Crippen molar-refractivity contribution in [2.75, 3.05) is 6.61 Å². The summed E-state index contributed by atoms with van der Waals surface area (Å²) < 4.78 is 92.2. The summed E-state index contributed by atoms with van der Waals surface area (Å²) in [6.07, 6.45) is -8.48. The van der Waals surface area contributed by atoms with Gasteiger partial charge in [-0.15, -0.1) is 0 Å². The van der Waals surface area contributed by atoms with Crippen molar-refractivity contribution in [2.45, 2.75) is 76.5 Å². The number of aryl methyl sites for hydroxylation is 1. The summed E-state index contributed by atoms with van der Waals surface area (Å²) in [7, 11) is 0. The number of aliphatic hydroxyl groups is 1. The smallest absolute Gasteiger partial charge is 0.430 e.